The zero-order chi connectivity index (χ0) is 8.59. The Bertz CT molecular complexity index is 265. The molecular formula is C8H10BrFS. The molecule has 1 aromatic heterocycles. The SMILES string of the molecule is Cc1sc(C(C)F)c(Br)c1C. The Balaban J connectivity index is 3.19. The normalized spacial score (nSPS) is 13.5. The van der Waals surface area contributed by atoms with Crippen molar-refractivity contribution < 1.29 is 4.39 Å². The molecule has 11 heavy (non-hydrogen) atoms. The lowest BCUT2D eigenvalue weighted by Gasteiger charge is -1.97. The maximum atomic E-state index is 12.9. The van der Waals surface area contributed by atoms with E-state index in [1.807, 2.05) is 13.8 Å². The molecule has 0 fully saturated rings. The minimum Gasteiger partial charge on any atom is -0.242 e. The van der Waals surface area contributed by atoms with E-state index in [-0.39, 0.29) is 0 Å². The Morgan fingerprint density at radius 2 is 2.00 bits per heavy atom. The van der Waals surface area contributed by atoms with Crippen LogP contribution in [-0.2, 0) is 0 Å². The van der Waals surface area contributed by atoms with Gasteiger partial charge < -0.3 is 0 Å². The molecule has 62 valence electrons. The fraction of sp³-hybridized carbons (Fsp3) is 0.500. The first-order valence-corrected chi connectivity index (χ1v) is 5.04. The van der Waals surface area contributed by atoms with Gasteiger partial charge >= 0.3 is 0 Å². The van der Waals surface area contributed by atoms with Crippen LogP contribution in [0.15, 0.2) is 4.47 Å². The third-order valence-corrected chi connectivity index (χ3v) is 4.34. The largest absolute Gasteiger partial charge is 0.242 e. The summed E-state index contributed by atoms with van der Waals surface area (Å²) in [5, 5.41) is 0. The lowest BCUT2D eigenvalue weighted by molar-refractivity contribution is 0.379. The van der Waals surface area contributed by atoms with Gasteiger partial charge in [0.05, 0.1) is 4.88 Å². The molecule has 0 aliphatic carbocycles. The van der Waals surface area contributed by atoms with Gasteiger partial charge in [0.2, 0.25) is 0 Å². The summed E-state index contributed by atoms with van der Waals surface area (Å²) in [7, 11) is 0. The predicted octanol–water partition coefficient (Wildman–Crippen LogP) is 4.16. The topological polar surface area (TPSA) is 0 Å². The first-order valence-electron chi connectivity index (χ1n) is 3.43. The molecule has 0 N–H and O–H groups in total. The van der Waals surface area contributed by atoms with Crippen molar-refractivity contribution in [1.29, 1.82) is 0 Å². The van der Waals surface area contributed by atoms with E-state index >= 15 is 0 Å². The summed E-state index contributed by atoms with van der Waals surface area (Å²) in [5.41, 5.74) is 1.16. The fourth-order valence-electron chi connectivity index (χ4n) is 0.881. The molecule has 0 aliphatic rings. The molecule has 1 unspecified atom stereocenters. The van der Waals surface area contributed by atoms with E-state index in [9.17, 15) is 4.39 Å². The van der Waals surface area contributed by atoms with Crippen molar-refractivity contribution in [3.05, 3.63) is 19.8 Å². The third kappa shape index (κ3) is 1.64. The summed E-state index contributed by atoms with van der Waals surface area (Å²) in [5.74, 6) is 0. The number of alkyl halides is 1. The Labute approximate surface area is 78.6 Å². The van der Waals surface area contributed by atoms with Gasteiger partial charge in [-0.1, -0.05) is 0 Å². The molecule has 0 radical (unpaired) electrons. The molecule has 0 amide bonds. The predicted molar refractivity (Wildman–Crippen MR) is 51.0 cm³/mol. The van der Waals surface area contributed by atoms with Gasteiger partial charge in [0.25, 0.3) is 0 Å². The van der Waals surface area contributed by atoms with Crippen LogP contribution in [0.1, 0.15) is 28.4 Å². The maximum Gasteiger partial charge on any atom is 0.133 e. The highest BCUT2D eigenvalue weighted by molar-refractivity contribution is 9.10. The first-order chi connectivity index (χ1) is 5.04. The molecule has 0 aromatic carbocycles. The molecule has 1 atom stereocenters. The van der Waals surface area contributed by atoms with Crippen molar-refractivity contribution in [2.24, 2.45) is 0 Å². The highest BCUT2D eigenvalue weighted by Crippen LogP contribution is 2.37. The van der Waals surface area contributed by atoms with Crippen molar-refractivity contribution in [3.8, 4) is 0 Å². The van der Waals surface area contributed by atoms with Crippen molar-refractivity contribution in [2.75, 3.05) is 0 Å². The van der Waals surface area contributed by atoms with Crippen LogP contribution in [0.3, 0.4) is 0 Å². The van der Waals surface area contributed by atoms with E-state index < -0.39 is 6.17 Å². The Morgan fingerprint density at radius 3 is 2.18 bits per heavy atom. The van der Waals surface area contributed by atoms with Gasteiger partial charge in [0.1, 0.15) is 6.17 Å². The maximum absolute atomic E-state index is 12.9. The van der Waals surface area contributed by atoms with Crippen LogP contribution in [0.4, 0.5) is 4.39 Å². The Morgan fingerprint density at radius 1 is 1.45 bits per heavy atom. The van der Waals surface area contributed by atoms with Gasteiger partial charge in [-0.05, 0) is 42.3 Å². The van der Waals surface area contributed by atoms with Crippen molar-refractivity contribution in [1.82, 2.24) is 0 Å². The summed E-state index contributed by atoms with van der Waals surface area (Å²) in [6.07, 6.45) is -0.859. The van der Waals surface area contributed by atoms with E-state index in [0.717, 1.165) is 14.9 Å². The van der Waals surface area contributed by atoms with E-state index in [2.05, 4.69) is 15.9 Å². The molecule has 1 rings (SSSR count). The summed E-state index contributed by atoms with van der Waals surface area (Å²) >= 11 is 4.90. The van der Waals surface area contributed by atoms with Gasteiger partial charge in [-0.3, -0.25) is 0 Å². The zero-order valence-electron chi connectivity index (χ0n) is 6.74. The highest BCUT2D eigenvalue weighted by Gasteiger charge is 2.14. The first kappa shape index (κ1) is 9.20. The molecule has 0 nitrogen and oxygen atoms in total. The second-order valence-electron chi connectivity index (χ2n) is 2.58. The van der Waals surface area contributed by atoms with Crippen LogP contribution < -0.4 is 0 Å². The quantitative estimate of drug-likeness (QED) is 0.688. The molecule has 0 saturated carbocycles. The van der Waals surface area contributed by atoms with E-state index in [4.69, 9.17) is 0 Å². The standard InChI is InChI=1S/C8H10BrFS/c1-4-6(3)11-8(5(2)10)7(4)9/h5H,1-3H3. The lowest BCUT2D eigenvalue weighted by Crippen LogP contribution is -1.79. The van der Waals surface area contributed by atoms with Gasteiger partial charge in [0.15, 0.2) is 0 Å². The molecule has 0 bridgehead atoms. The summed E-state index contributed by atoms with van der Waals surface area (Å²) in [6, 6.07) is 0. The average Bonchev–Trinajstić information content (AvgIpc) is 2.17. The number of halogens is 2. The molecule has 0 saturated heterocycles. The molecule has 1 heterocycles. The lowest BCUT2D eigenvalue weighted by atomic mass is 10.2. The van der Waals surface area contributed by atoms with Crippen LogP contribution in [-0.4, -0.2) is 0 Å². The van der Waals surface area contributed by atoms with Crippen LogP contribution in [0.25, 0.3) is 0 Å². The third-order valence-electron chi connectivity index (χ3n) is 1.70. The number of aryl methyl sites for hydroxylation is 1. The van der Waals surface area contributed by atoms with Gasteiger partial charge in [-0.25, -0.2) is 4.39 Å². The minimum atomic E-state index is -0.859. The number of hydrogen-bond donors (Lipinski definition) is 0. The smallest absolute Gasteiger partial charge is 0.133 e. The molecule has 0 aliphatic heterocycles. The molecule has 3 heteroatoms. The van der Waals surface area contributed by atoms with Gasteiger partial charge in [-0.15, -0.1) is 11.3 Å². The van der Waals surface area contributed by atoms with Crippen LogP contribution in [0, 0.1) is 13.8 Å². The second kappa shape index (κ2) is 3.23. The van der Waals surface area contributed by atoms with Crippen molar-refractivity contribution in [3.63, 3.8) is 0 Å². The summed E-state index contributed by atoms with van der Waals surface area (Å²) in [4.78, 5) is 2.00. The van der Waals surface area contributed by atoms with E-state index in [1.165, 1.54) is 16.2 Å². The zero-order valence-corrected chi connectivity index (χ0v) is 9.14. The second-order valence-corrected chi connectivity index (χ2v) is 4.63. The van der Waals surface area contributed by atoms with Gasteiger partial charge in [-0.2, -0.15) is 0 Å². The van der Waals surface area contributed by atoms with Crippen LogP contribution >= 0.6 is 27.3 Å². The number of hydrogen-bond acceptors (Lipinski definition) is 1. The molecule has 0 spiro atoms. The van der Waals surface area contributed by atoms with E-state index in [1.54, 1.807) is 6.92 Å². The average molecular weight is 237 g/mol. The van der Waals surface area contributed by atoms with Crippen molar-refractivity contribution >= 4 is 27.3 Å². The summed E-state index contributed by atoms with van der Waals surface area (Å²) in [6.45, 7) is 5.58. The van der Waals surface area contributed by atoms with Crippen LogP contribution in [0.5, 0.6) is 0 Å². The molecular weight excluding hydrogens is 227 g/mol. The Hall–Kier alpha value is 0.110. The van der Waals surface area contributed by atoms with E-state index in [0.29, 0.717) is 0 Å². The summed E-state index contributed by atoms with van der Waals surface area (Å²) < 4.78 is 13.8. The highest BCUT2D eigenvalue weighted by atomic mass is 79.9. The number of thiophene rings is 1. The molecule has 1 aromatic rings. The Kier molecular flexibility index (Phi) is 2.70. The fourth-order valence-corrected chi connectivity index (χ4v) is 2.86. The van der Waals surface area contributed by atoms with Crippen LogP contribution in [0.2, 0.25) is 0 Å². The minimum absolute atomic E-state index is 0.806. The van der Waals surface area contributed by atoms with Gasteiger partial charge in [0, 0.05) is 9.35 Å². The number of rotatable bonds is 1. The van der Waals surface area contributed by atoms with Crippen molar-refractivity contribution in [2.45, 2.75) is 26.9 Å². The monoisotopic (exact) mass is 236 g/mol.